The monoisotopic (exact) mass is 422 g/mol. The highest BCUT2D eigenvalue weighted by Gasteiger charge is 2.31. The molecule has 0 bridgehead atoms. The van der Waals surface area contributed by atoms with Crippen LogP contribution in [-0.4, -0.2) is 41.5 Å². The molecule has 2 heterocycles. The minimum Gasteiger partial charge on any atom is -0.466 e. The zero-order valence-corrected chi connectivity index (χ0v) is 17.6. The van der Waals surface area contributed by atoms with Crippen LogP contribution in [-0.2, 0) is 14.3 Å². The molecule has 1 amide bonds. The van der Waals surface area contributed by atoms with Crippen molar-refractivity contribution in [2.75, 3.05) is 19.7 Å². The van der Waals surface area contributed by atoms with Crippen LogP contribution in [0.25, 0.3) is 10.9 Å². The Morgan fingerprint density at radius 1 is 1.19 bits per heavy atom. The number of ether oxygens (including phenoxy) is 1. The second-order valence-corrected chi connectivity index (χ2v) is 8.03. The number of amides is 1. The third-order valence-electron chi connectivity index (χ3n) is 6.04. The van der Waals surface area contributed by atoms with Gasteiger partial charge < -0.3 is 14.6 Å². The normalized spacial score (nSPS) is 17.5. The van der Waals surface area contributed by atoms with E-state index in [0.717, 1.165) is 34.9 Å². The number of H-pyrrole nitrogens is 1. The first kappa shape index (κ1) is 21.1. The lowest BCUT2D eigenvalue weighted by Gasteiger charge is -2.32. The smallest absolute Gasteiger partial charge is 0.310 e. The van der Waals surface area contributed by atoms with E-state index in [2.05, 4.69) is 4.98 Å². The summed E-state index contributed by atoms with van der Waals surface area (Å²) in [6.45, 7) is 3.16. The van der Waals surface area contributed by atoms with Gasteiger partial charge in [0.15, 0.2) is 0 Å². The Bertz CT molecular complexity index is 1060. The van der Waals surface area contributed by atoms with Crippen LogP contribution in [0.5, 0.6) is 0 Å². The van der Waals surface area contributed by atoms with Gasteiger partial charge in [-0.05, 0) is 49.1 Å². The molecule has 162 valence electrons. The number of para-hydroxylation sites is 1. The maximum atomic E-state index is 13.6. The fourth-order valence-corrected chi connectivity index (χ4v) is 4.44. The van der Waals surface area contributed by atoms with Crippen molar-refractivity contribution in [2.24, 2.45) is 5.92 Å². The molecule has 4 rings (SSSR count). The number of hydrogen-bond donors (Lipinski definition) is 1. The van der Waals surface area contributed by atoms with Gasteiger partial charge in [0.25, 0.3) is 0 Å². The third kappa shape index (κ3) is 4.63. The van der Waals surface area contributed by atoms with Gasteiger partial charge >= 0.3 is 5.97 Å². The lowest BCUT2D eigenvalue weighted by Crippen LogP contribution is -2.43. The molecule has 6 heteroatoms. The zero-order chi connectivity index (χ0) is 21.8. The second kappa shape index (κ2) is 9.33. The molecule has 1 N–H and O–H groups in total. The molecule has 1 aliphatic heterocycles. The number of nitrogens with one attached hydrogen (secondary N) is 1. The lowest BCUT2D eigenvalue weighted by molar-refractivity contribution is -0.151. The van der Waals surface area contributed by atoms with Gasteiger partial charge in [-0.3, -0.25) is 9.59 Å². The van der Waals surface area contributed by atoms with Crippen LogP contribution in [0.4, 0.5) is 4.39 Å². The van der Waals surface area contributed by atoms with Crippen LogP contribution in [0.15, 0.2) is 54.7 Å². The van der Waals surface area contributed by atoms with E-state index in [4.69, 9.17) is 4.74 Å². The van der Waals surface area contributed by atoms with Gasteiger partial charge in [-0.15, -0.1) is 0 Å². The minimum atomic E-state index is -0.305. The molecule has 1 saturated heterocycles. The Hall–Kier alpha value is -3.15. The standard InChI is InChI=1S/C25H27FN2O3/c1-2-31-25(30)18-6-5-13-28(16-18)24(29)14-21(17-9-11-19(26)12-10-17)22-15-27-23-8-4-3-7-20(22)23/h3-4,7-12,15,18,21,27H,2,5-6,13-14,16H2,1H3. The number of halogens is 1. The summed E-state index contributed by atoms with van der Waals surface area (Å²) in [7, 11) is 0. The number of piperidine rings is 1. The second-order valence-electron chi connectivity index (χ2n) is 8.03. The summed E-state index contributed by atoms with van der Waals surface area (Å²) < 4.78 is 18.7. The average Bonchev–Trinajstić information content (AvgIpc) is 3.22. The molecule has 31 heavy (non-hydrogen) atoms. The summed E-state index contributed by atoms with van der Waals surface area (Å²) in [6, 6.07) is 14.3. The number of likely N-dealkylation sites (tertiary alicyclic amines) is 1. The van der Waals surface area contributed by atoms with Gasteiger partial charge in [0.05, 0.1) is 12.5 Å². The summed E-state index contributed by atoms with van der Waals surface area (Å²) in [6.07, 6.45) is 3.71. The highest BCUT2D eigenvalue weighted by molar-refractivity contribution is 5.86. The molecule has 1 aromatic heterocycles. The molecule has 2 aromatic carbocycles. The maximum Gasteiger partial charge on any atom is 0.310 e. The Balaban J connectivity index is 1.60. The van der Waals surface area contributed by atoms with E-state index in [9.17, 15) is 14.0 Å². The van der Waals surface area contributed by atoms with Crippen LogP contribution < -0.4 is 0 Å². The van der Waals surface area contributed by atoms with Crippen molar-refractivity contribution in [3.05, 3.63) is 71.7 Å². The van der Waals surface area contributed by atoms with E-state index in [-0.39, 0.29) is 36.0 Å². The first-order chi connectivity index (χ1) is 15.1. The molecule has 2 unspecified atom stereocenters. The molecule has 3 aromatic rings. The van der Waals surface area contributed by atoms with Crippen molar-refractivity contribution in [1.82, 2.24) is 9.88 Å². The Morgan fingerprint density at radius 3 is 2.74 bits per heavy atom. The number of aromatic nitrogens is 1. The molecule has 0 spiro atoms. The summed E-state index contributed by atoms with van der Waals surface area (Å²) in [5.74, 6) is -1.02. The van der Waals surface area contributed by atoms with E-state index < -0.39 is 0 Å². The van der Waals surface area contributed by atoms with Crippen LogP contribution >= 0.6 is 0 Å². The summed E-state index contributed by atoms with van der Waals surface area (Å²) in [5.41, 5.74) is 2.89. The summed E-state index contributed by atoms with van der Waals surface area (Å²) >= 11 is 0. The number of hydrogen-bond acceptors (Lipinski definition) is 3. The topological polar surface area (TPSA) is 62.4 Å². The lowest BCUT2D eigenvalue weighted by atomic mass is 9.87. The van der Waals surface area contributed by atoms with Crippen molar-refractivity contribution in [2.45, 2.75) is 32.1 Å². The largest absolute Gasteiger partial charge is 0.466 e. The number of aromatic amines is 1. The average molecular weight is 423 g/mol. The molecule has 0 aliphatic carbocycles. The SMILES string of the molecule is CCOC(=O)C1CCCN(C(=O)CC(c2ccc(F)cc2)c2c[nH]c3ccccc23)C1. The molecular weight excluding hydrogens is 395 g/mol. The van der Waals surface area contributed by atoms with Crippen LogP contribution in [0.3, 0.4) is 0 Å². The zero-order valence-electron chi connectivity index (χ0n) is 17.6. The van der Waals surface area contributed by atoms with E-state index in [0.29, 0.717) is 19.7 Å². The minimum absolute atomic E-state index is 0.00592. The molecule has 0 radical (unpaired) electrons. The van der Waals surface area contributed by atoms with Crippen molar-refractivity contribution in [1.29, 1.82) is 0 Å². The number of esters is 1. The quantitative estimate of drug-likeness (QED) is 0.589. The van der Waals surface area contributed by atoms with E-state index in [1.165, 1.54) is 12.1 Å². The van der Waals surface area contributed by atoms with Crippen LogP contribution in [0, 0.1) is 11.7 Å². The van der Waals surface area contributed by atoms with Crippen molar-refractivity contribution < 1.29 is 18.7 Å². The van der Waals surface area contributed by atoms with Crippen LogP contribution in [0.1, 0.15) is 43.2 Å². The predicted molar refractivity (Wildman–Crippen MR) is 117 cm³/mol. The number of nitrogens with zero attached hydrogens (tertiary/aromatic N) is 1. The van der Waals surface area contributed by atoms with E-state index >= 15 is 0 Å². The van der Waals surface area contributed by atoms with Crippen molar-refractivity contribution in [3.63, 3.8) is 0 Å². The van der Waals surface area contributed by atoms with Crippen LogP contribution in [0.2, 0.25) is 0 Å². The van der Waals surface area contributed by atoms with Gasteiger partial charge in [-0.25, -0.2) is 4.39 Å². The van der Waals surface area contributed by atoms with E-state index in [1.54, 1.807) is 24.0 Å². The first-order valence-corrected chi connectivity index (χ1v) is 10.8. The highest BCUT2D eigenvalue weighted by Crippen LogP contribution is 2.34. The maximum absolute atomic E-state index is 13.6. The number of carbonyl (C=O) groups is 2. The van der Waals surface area contributed by atoms with Gasteiger partial charge in [0.1, 0.15) is 5.82 Å². The summed E-state index contributed by atoms with van der Waals surface area (Å²) in [4.78, 5) is 30.5. The highest BCUT2D eigenvalue weighted by atomic mass is 19.1. The van der Waals surface area contributed by atoms with E-state index in [1.807, 2.05) is 30.5 Å². The molecule has 1 aliphatic rings. The Kier molecular flexibility index (Phi) is 6.35. The number of rotatable bonds is 6. The predicted octanol–water partition coefficient (Wildman–Crippen LogP) is 4.63. The first-order valence-electron chi connectivity index (χ1n) is 10.8. The number of fused-ring (bicyclic) bond motifs is 1. The number of benzene rings is 2. The molecular formula is C25H27FN2O3. The number of carbonyl (C=O) groups excluding carboxylic acids is 2. The van der Waals surface area contributed by atoms with Crippen molar-refractivity contribution >= 4 is 22.8 Å². The third-order valence-corrected chi connectivity index (χ3v) is 6.04. The fourth-order valence-electron chi connectivity index (χ4n) is 4.44. The van der Waals surface area contributed by atoms with Gasteiger partial charge in [-0.1, -0.05) is 30.3 Å². The van der Waals surface area contributed by atoms with Gasteiger partial charge in [0, 0.05) is 42.5 Å². The van der Waals surface area contributed by atoms with Gasteiger partial charge in [-0.2, -0.15) is 0 Å². The molecule has 1 fully saturated rings. The molecule has 0 saturated carbocycles. The fraction of sp³-hybridized carbons (Fsp3) is 0.360. The Labute approximate surface area is 181 Å². The van der Waals surface area contributed by atoms with Gasteiger partial charge in [0.2, 0.25) is 5.91 Å². The molecule has 2 atom stereocenters. The molecule has 5 nitrogen and oxygen atoms in total. The summed E-state index contributed by atoms with van der Waals surface area (Å²) in [5, 5.41) is 1.05. The van der Waals surface area contributed by atoms with Crippen molar-refractivity contribution in [3.8, 4) is 0 Å². The Morgan fingerprint density at radius 2 is 1.97 bits per heavy atom.